The summed E-state index contributed by atoms with van der Waals surface area (Å²) < 4.78 is 29.1. The highest BCUT2D eigenvalue weighted by Gasteiger charge is 2.35. The van der Waals surface area contributed by atoms with E-state index in [1.54, 1.807) is 18.2 Å². The molecule has 0 heterocycles. The molecule has 0 aromatic heterocycles. The number of carbonyl (C=O) groups is 2. The standard InChI is InChI=1S/C28H39ClN4O4S/c1-6-25(28(35)30-24-9-7-8-10-24)32(18-22-13-15-23(29)16-14-22)27(34)19-33(38(36,37)31(4)5)26-17-20(2)11-12-21(26)3/h11-17,24-25H,6-10,18-19H2,1-5H3,(H,30,35)/t25-/m1/s1. The molecule has 1 fully saturated rings. The fraction of sp³-hybridized carbons (Fsp3) is 0.500. The van der Waals surface area contributed by atoms with Gasteiger partial charge in [-0.2, -0.15) is 12.7 Å². The van der Waals surface area contributed by atoms with E-state index < -0.39 is 28.7 Å². The van der Waals surface area contributed by atoms with Crippen LogP contribution in [0.15, 0.2) is 42.5 Å². The van der Waals surface area contributed by atoms with Crippen LogP contribution in [0.25, 0.3) is 0 Å². The average molecular weight is 563 g/mol. The van der Waals surface area contributed by atoms with E-state index in [4.69, 9.17) is 11.6 Å². The first-order valence-corrected chi connectivity index (χ1v) is 14.8. The Morgan fingerprint density at radius 3 is 2.26 bits per heavy atom. The highest BCUT2D eigenvalue weighted by Crippen LogP contribution is 2.26. The Kier molecular flexibility index (Phi) is 10.2. The molecule has 0 radical (unpaired) electrons. The quantitative estimate of drug-likeness (QED) is 0.438. The molecular weight excluding hydrogens is 524 g/mol. The smallest absolute Gasteiger partial charge is 0.304 e. The molecule has 2 aromatic rings. The van der Waals surface area contributed by atoms with E-state index in [0.717, 1.165) is 51.0 Å². The number of nitrogens with one attached hydrogen (secondary N) is 1. The zero-order chi connectivity index (χ0) is 28.0. The lowest BCUT2D eigenvalue weighted by atomic mass is 10.1. The van der Waals surface area contributed by atoms with Crippen LogP contribution in [0.2, 0.25) is 5.02 Å². The maximum Gasteiger partial charge on any atom is 0.304 e. The van der Waals surface area contributed by atoms with E-state index in [9.17, 15) is 18.0 Å². The molecule has 1 atom stereocenters. The van der Waals surface area contributed by atoms with Crippen LogP contribution in [-0.2, 0) is 26.3 Å². The molecule has 1 aliphatic rings. The molecule has 0 saturated heterocycles. The summed E-state index contributed by atoms with van der Waals surface area (Å²) in [6.07, 6.45) is 4.39. The summed E-state index contributed by atoms with van der Waals surface area (Å²) in [5.41, 5.74) is 2.83. The Labute approximate surface area is 232 Å². The first-order chi connectivity index (χ1) is 17.9. The molecule has 10 heteroatoms. The van der Waals surface area contributed by atoms with Gasteiger partial charge in [0.2, 0.25) is 11.8 Å². The minimum atomic E-state index is -4.01. The lowest BCUT2D eigenvalue weighted by Gasteiger charge is -2.34. The third-order valence-electron chi connectivity index (χ3n) is 7.01. The van der Waals surface area contributed by atoms with Crippen molar-refractivity contribution >= 4 is 39.3 Å². The Hall–Kier alpha value is -2.62. The lowest BCUT2D eigenvalue weighted by Crippen LogP contribution is -2.54. The number of aryl methyl sites for hydroxylation is 2. The molecule has 0 aliphatic heterocycles. The van der Waals surface area contributed by atoms with Gasteiger partial charge in [-0.1, -0.05) is 55.6 Å². The monoisotopic (exact) mass is 562 g/mol. The van der Waals surface area contributed by atoms with Crippen LogP contribution in [-0.4, -0.2) is 62.2 Å². The van der Waals surface area contributed by atoms with Crippen molar-refractivity contribution < 1.29 is 18.0 Å². The summed E-state index contributed by atoms with van der Waals surface area (Å²) in [5.74, 6) is -0.671. The maximum atomic E-state index is 14.0. The number of anilines is 1. The van der Waals surface area contributed by atoms with Gasteiger partial charge in [-0.05, 0) is 68.0 Å². The Morgan fingerprint density at radius 2 is 1.68 bits per heavy atom. The van der Waals surface area contributed by atoms with Gasteiger partial charge in [-0.25, -0.2) is 4.31 Å². The van der Waals surface area contributed by atoms with Crippen molar-refractivity contribution in [2.75, 3.05) is 24.9 Å². The van der Waals surface area contributed by atoms with Crippen LogP contribution in [0, 0.1) is 13.8 Å². The SMILES string of the molecule is CC[C@H](C(=O)NC1CCCC1)N(Cc1ccc(Cl)cc1)C(=O)CN(c1cc(C)ccc1C)S(=O)(=O)N(C)C. The summed E-state index contributed by atoms with van der Waals surface area (Å²) in [6, 6.07) is 11.9. The topological polar surface area (TPSA) is 90.0 Å². The van der Waals surface area contributed by atoms with Gasteiger partial charge in [0.25, 0.3) is 0 Å². The second-order valence-corrected chi connectivity index (χ2v) is 12.7. The maximum absolute atomic E-state index is 14.0. The van der Waals surface area contributed by atoms with Crippen LogP contribution in [0.4, 0.5) is 5.69 Å². The van der Waals surface area contributed by atoms with Crippen LogP contribution >= 0.6 is 11.6 Å². The number of rotatable bonds is 11. The molecule has 3 rings (SSSR count). The van der Waals surface area contributed by atoms with Crippen LogP contribution < -0.4 is 9.62 Å². The number of benzene rings is 2. The molecule has 208 valence electrons. The molecule has 0 bridgehead atoms. The fourth-order valence-corrected chi connectivity index (χ4v) is 6.00. The Morgan fingerprint density at radius 1 is 1.05 bits per heavy atom. The number of halogens is 1. The number of amides is 2. The first kappa shape index (κ1) is 29.9. The van der Waals surface area contributed by atoms with Gasteiger partial charge in [-0.15, -0.1) is 0 Å². The van der Waals surface area contributed by atoms with E-state index in [2.05, 4.69) is 5.32 Å². The van der Waals surface area contributed by atoms with E-state index in [-0.39, 0.29) is 18.5 Å². The molecule has 1 N–H and O–H groups in total. The van der Waals surface area contributed by atoms with Crippen LogP contribution in [0.3, 0.4) is 0 Å². The van der Waals surface area contributed by atoms with Gasteiger partial charge in [0.1, 0.15) is 12.6 Å². The molecular formula is C28H39ClN4O4S. The van der Waals surface area contributed by atoms with Gasteiger partial charge in [0.05, 0.1) is 5.69 Å². The fourth-order valence-electron chi connectivity index (χ4n) is 4.76. The van der Waals surface area contributed by atoms with E-state index >= 15 is 0 Å². The zero-order valence-corrected chi connectivity index (χ0v) is 24.5. The van der Waals surface area contributed by atoms with Crippen molar-refractivity contribution in [2.45, 2.75) is 71.5 Å². The molecule has 2 aromatic carbocycles. The highest BCUT2D eigenvalue weighted by atomic mass is 35.5. The normalized spacial score (nSPS) is 14.9. The van der Waals surface area contributed by atoms with E-state index in [0.29, 0.717) is 17.1 Å². The first-order valence-electron chi connectivity index (χ1n) is 13.1. The summed E-state index contributed by atoms with van der Waals surface area (Å²) in [7, 11) is -1.13. The minimum Gasteiger partial charge on any atom is -0.352 e. The largest absolute Gasteiger partial charge is 0.352 e. The summed E-state index contributed by atoms with van der Waals surface area (Å²) >= 11 is 6.07. The van der Waals surface area contributed by atoms with Gasteiger partial charge in [0, 0.05) is 31.7 Å². The van der Waals surface area contributed by atoms with Gasteiger partial charge in [0.15, 0.2) is 0 Å². The molecule has 2 amide bonds. The number of carbonyl (C=O) groups excluding carboxylic acids is 2. The van der Waals surface area contributed by atoms with Gasteiger partial charge in [-0.3, -0.25) is 9.59 Å². The predicted octanol–water partition coefficient (Wildman–Crippen LogP) is 4.44. The number of hydrogen-bond acceptors (Lipinski definition) is 4. The van der Waals surface area contributed by atoms with Crippen molar-refractivity contribution in [3.63, 3.8) is 0 Å². The second-order valence-electron chi connectivity index (χ2n) is 10.1. The summed E-state index contributed by atoms with van der Waals surface area (Å²) in [6.45, 7) is 5.26. The van der Waals surface area contributed by atoms with Crippen molar-refractivity contribution in [3.8, 4) is 0 Å². The van der Waals surface area contributed by atoms with Gasteiger partial charge >= 0.3 is 10.2 Å². The van der Waals surface area contributed by atoms with Crippen molar-refractivity contribution in [1.29, 1.82) is 0 Å². The summed E-state index contributed by atoms with van der Waals surface area (Å²) in [4.78, 5) is 28.9. The lowest BCUT2D eigenvalue weighted by molar-refractivity contribution is -0.140. The van der Waals surface area contributed by atoms with Crippen LogP contribution in [0.5, 0.6) is 0 Å². The molecule has 8 nitrogen and oxygen atoms in total. The van der Waals surface area contributed by atoms with Crippen molar-refractivity contribution in [3.05, 3.63) is 64.2 Å². The van der Waals surface area contributed by atoms with Crippen molar-refractivity contribution in [1.82, 2.24) is 14.5 Å². The molecule has 1 saturated carbocycles. The minimum absolute atomic E-state index is 0.101. The average Bonchev–Trinajstić information content (AvgIpc) is 3.38. The summed E-state index contributed by atoms with van der Waals surface area (Å²) in [5, 5.41) is 3.68. The predicted molar refractivity (Wildman–Crippen MR) is 152 cm³/mol. The number of nitrogens with zero attached hydrogens (tertiary/aromatic N) is 3. The van der Waals surface area contributed by atoms with Gasteiger partial charge < -0.3 is 10.2 Å². The van der Waals surface area contributed by atoms with Crippen LogP contribution in [0.1, 0.15) is 55.7 Å². The van der Waals surface area contributed by atoms with E-state index in [1.807, 2.05) is 45.0 Å². The third kappa shape index (κ3) is 7.27. The second kappa shape index (κ2) is 13.0. The molecule has 1 aliphatic carbocycles. The molecule has 0 spiro atoms. The third-order valence-corrected chi connectivity index (χ3v) is 9.06. The zero-order valence-electron chi connectivity index (χ0n) is 22.9. The van der Waals surface area contributed by atoms with Crippen molar-refractivity contribution in [2.24, 2.45) is 0 Å². The van der Waals surface area contributed by atoms with E-state index in [1.165, 1.54) is 19.0 Å². The Balaban J connectivity index is 1.99. The number of hydrogen-bond donors (Lipinski definition) is 1. The highest BCUT2D eigenvalue weighted by molar-refractivity contribution is 7.90. The molecule has 38 heavy (non-hydrogen) atoms. The molecule has 0 unspecified atom stereocenters. The Bertz CT molecular complexity index is 1230.